The molecule has 0 aliphatic rings. The van der Waals surface area contributed by atoms with E-state index in [2.05, 4.69) is 29.1 Å². The molecule has 0 saturated heterocycles. The number of halogens is 2. The highest BCUT2D eigenvalue weighted by Crippen LogP contribution is 2.27. The molecule has 178 valence electrons. The molecule has 7 nitrogen and oxygen atoms in total. The highest BCUT2D eigenvalue weighted by atomic mass is 19.3. The number of nitriles is 1. The summed E-state index contributed by atoms with van der Waals surface area (Å²) in [5.41, 5.74) is 0.238. The van der Waals surface area contributed by atoms with Crippen LogP contribution >= 0.6 is 0 Å². The number of alkyl carbamates (subject to hydrolysis) is 1. The summed E-state index contributed by atoms with van der Waals surface area (Å²) in [5.74, 6) is 0.482. The van der Waals surface area contributed by atoms with Crippen molar-refractivity contribution in [3.8, 4) is 23.1 Å². The lowest BCUT2D eigenvalue weighted by molar-refractivity contribution is 0.0510. The molecule has 0 unspecified atom stereocenters. The van der Waals surface area contributed by atoms with Gasteiger partial charge in [-0.3, -0.25) is 4.98 Å². The van der Waals surface area contributed by atoms with E-state index in [0.717, 1.165) is 6.42 Å². The number of hydrogen-bond acceptors (Lipinski definition) is 6. The Bertz CT molecular complexity index is 984. The molecule has 2 rings (SSSR count). The first-order valence-corrected chi connectivity index (χ1v) is 10.7. The molecule has 0 fully saturated rings. The number of nitrogens with one attached hydrogen (secondary N) is 1. The molecule has 0 aliphatic carbocycles. The van der Waals surface area contributed by atoms with E-state index in [4.69, 9.17) is 9.47 Å². The number of ether oxygens (including phenoxy) is 2. The van der Waals surface area contributed by atoms with Gasteiger partial charge in [0.1, 0.15) is 22.9 Å². The van der Waals surface area contributed by atoms with Crippen LogP contribution in [0.1, 0.15) is 58.7 Å². The molecule has 33 heavy (non-hydrogen) atoms. The maximum Gasteiger partial charge on any atom is 0.407 e. The number of aromatic nitrogens is 2. The van der Waals surface area contributed by atoms with Gasteiger partial charge in [-0.1, -0.05) is 13.8 Å². The van der Waals surface area contributed by atoms with E-state index >= 15 is 0 Å². The quantitative estimate of drug-likeness (QED) is 0.529. The monoisotopic (exact) mass is 460 g/mol. The van der Waals surface area contributed by atoms with Crippen molar-refractivity contribution in [1.29, 1.82) is 5.26 Å². The van der Waals surface area contributed by atoms with Crippen LogP contribution < -0.4 is 10.1 Å². The molecular formula is C24H30F2N4O3. The zero-order chi connectivity index (χ0) is 24.6. The Morgan fingerprint density at radius 1 is 1.21 bits per heavy atom. The second kappa shape index (κ2) is 11.5. The minimum atomic E-state index is -2.69. The Balaban J connectivity index is 2.10. The normalized spacial score (nSPS) is 12.4. The summed E-state index contributed by atoms with van der Waals surface area (Å²) in [6.45, 7) is 10.1. The lowest BCUT2D eigenvalue weighted by Crippen LogP contribution is -2.37. The van der Waals surface area contributed by atoms with E-state index in [9.17, 15) is 18.8 Å². The maximum absolute atomic E-state index is 12.9. The number of amides is 1. The van der Waals surface area contributed by atoms with Gasteiger partial charge in [0.2, 0.25) is 5.88 Å². The van der Waals surface area contributed by atoms with E-state index in [-0.39, 0.29) is 29.7 Å². The van der Waals surface area contributed by atoms with Crippen LogP contribution in [-0.4, -0.2) is 34.8 Å². The van der Waals surface area contributed by atoms with E-state index < -0.39 is 18.1 Å². The molecule has 0 spiro atoms. The average Bonchev–Trinajstić information content (AvgIpc) is 2.74. The smallest absolute Gasteiger partial charge is 0.407 e. The number of carbonyl (C=O) groups is 1. The third-order valence-corrected chi connectivity index (χ3v) is 4.50. The van der Waals surface area contributed by atoms with Gasteiger partial charge < -0.3 is 14.8 Å². The third-order valence-electron chi connectivity index (χ3n) is 4.50. The van der Waals surface area contributed by atoms with E-state index in [1.807, 2.05) is 6.07 Å². The van der Waals surface area contributed by atoms with Crippen molar-refractivity contribution in [3.63, 3.8) is 0 Å². The molecule has 2 heterocycles. The summed E-state index contributed by atoms with van der Waals surface area (Å²) in [4.78, 5) is 19.9. The lowest BCUT2D eigenvalue weighted by atomic mass is 9.98. The van der Waals surface area contributed by atoms with Crippen molar-refractivity contribution < 1.29 is 23.0 Å². The van der Waals surface area contributed by atoms with Crippen molar-refractivity contribution in [2.75, 3.05) is 13.2 Å². The van der Waals surface area contributed by atoms with E-state index in [0.29, 0.717) is 23.6 Å². The van der Waals surface area contributed by atoms with Gasteiger partial charge in [-0.05, 0) is 56.9 Å². The van der Waals surface area contributed by atoms with Gasteiger partial charge in [-0.2, -0.15) is 5.26 Å². The highest BCUT2D eigenvalue weighted by molar-refractivity contribution is 5.67. The first kappa shape index (κ1) is 26.0. The van der Waals surface area contributed by atoms with E-state index in [1.54, 1.807) is 32.9 Å². The van der Waals surface area contributed by atoms with Gasteiger partial charge >= 0.3 is 6.09 Å². The van der Waals surface area contributed by atoms with Crippen LogP contribution in [0.25, 0.3) is 11.1 Å². The molecule has 1 amide bonds. The standard InChI is InChI=1S/C24H30F2N4O3/c1-15(2)8-16(12-30-23(31)33-24(3,4)5)14-32-22-18(11-27)9-19(13-29-22)17-6-7-28-20(10-17)21(25)26/h6-7,9-10,13,15-16,21H,8,12,14H2,1-5H3,(H,30,31)/t16-/m0/s1. The van der Waals surface area contributed by atoms with Gasteiger partial charge in [0.25, 0.3) is 6.43 Å². The predicted octanol–water partition coefficient (Wildman–Crippen LogP) is 5.52. The van der Waals surface area contributed by atoms with Crippen LogP contribution in [-0.2, 0) is 4.74 Å². The second-order valence-corrected chi connectivity index (χ2v) is 9.15. The van der Waals surface area contributed by atoms with Crippen LogP contribution in [0.15, 0.2) is 30.6 Å². The van der Waals surface area contributed by atoms with Crippen LogP contribution in [0.2, 0.25) is 0 Å². The van der Waals surface area contributed by atoms with Crippen molar-refractivity contribution >= 4 is 6.09 Å². The zero-order valence-electron chi connectivity index (χ0n) is 19.6. The molecule has 0 saturated carbocycles. The van der Waals surface area contributed by atoms with Gasteiger partial charge in [0.05, 0.1) is 6.61 Å². The summed E-state index contributed by atoms with van der Waals surface area (Å²) in [7, 11) is 0. The average molecular weight is 461 g/mol. The SMILES string of the molecule is CC(C)C[C@@H](CNC(=O)OC(C)(C)C)COc1ncc(-c2ccnc(C(F)F)c2)cc1C#N. The second-order valence-electron chi connectivity index (χ2n) is 9.15. The fraction of sp³-hybridized carbons (Fsp3) is 0.500. The summed E-state index contributed by atoms with van der Waals surface area (Å²) in [6, 6.07) is 6.43. The Labute approximate surface area is 193 Å². The number of pyridine rings is 2. The van der Waals surface area contributed by atoms with Crippen LogP contribution in [0.3, 0.4) is 0 Å². The lowest BCUT2D eigenvalue weighted by Gasteiger charge is -2.23. The molecule has 2 aromatic rings. The molecule has 1 N–H and O–H groups in total. The number of nitrogens with zero attached hydrogens (tertiary/aromatic N) is 3. The van der Waals surface area contributed by atoms with Gasteiger partial charge in [-0.15, -0.1) is 0 Å². The Kier molecular flexibility index (Phi) is 9.09. The van der Waals surface area contributed by atoms with Crippen LogP contribution in [0.4, 0.5) is 13.6 Å². The number of carbonyl (C=O) groups excluding carboxylic acids is 1. The number of rotatable bonds is 9. The fourth-order valence-corrected chi connectivity index (χ4v) is 3.17. The molecule has 0 aromatic carbocycles. The molecule has 0 radical (unpaired) electrons. The molecule has 2 aromatic heterocycles. The molecule has 0 aliphatic heterocycles. The largest absolute Gasteiger partial charge is 0.476 e. The summed E-state index contributed by atoms with van der Waals surface area (Å²) in [6.07, 6.45) is 0.349. The molecule has 1 atom stereocenters. The van der Waals surface area contributed by atoms with E-state index in [1.165, 1.54) is 18.5 Å². The van der Waals surface area contributed by atoms with Crippen molar-refractivity contribution in [1.82, 2.24) is 15.3 Å². The number of hydrogen-bond donors (Lipinski definition) is 1. The zero-order valence-corrected chi connectivity index (χ0v) is 19.6. The Morgan fingerprint density at radius 2 is 1.94 bits per heavy atom. The third kappa shape index (κ3) is 8.64. The maximum atomic E-state index is 12.9. The van der Waals surface area contributed by atoms with Gasteiger partial charge in [0.15, 0.2) is 0 Å². The first-order chi connectivity index (χ1) is 15.5. The molecule has 0 bridgehead atoms. The minimum Gasteiger partial charge on any atom is -0.476 e. The highest BCUT2D eigenvalue weighted by Gasteiger charge is 2.19. The van der Waals surface area contributed by atoms with Crippen LogP contribution in [0.5, 0.6) is 5.88 Å². The van der Waals surface area contributed by atoms with Crippen molar-refractivity contribution in [3.05, 3.63) is 41.9 Å². The topological polar surface area (TPSA) is 97.1 Å². The molecular weight excluding hydrogens is 430 g/mol. The fourth-order valence-electron chi connectivity index (χ4n) is 3.17. The van der Waals surface area contributed by atoms with Crippen molar-refractivity contribution in [2.24, 2.45) is 11.8 Å². The Hall–Kier alpha value is -3.28. The summed E-state index contributed by atoms with van der Waals surface area (Å²) in [5, 5.41) is 12.3. The first-order valence-electron chi connectivity index (χ1n) is 10.7. The summed E-state index contributed by atoms with van der Waals surface area (Å²) < 4.78 is 37.0. The molecule has 9 heteroatoms. The van der Waals surface area contributed by atoms with Crippen molar-refractivity contribution in [2.45, 2.75) is 53.1 Å². The van der Waals surface area contributed by atoms with Gasteiger partial charge in [-0.25, -0.2) is 18.6 Å². The summed E-state index contributed by atoms with van der Waals surface area (Å²) >= 11 is 0. The Morgan fingerprint density at radius 3 is 2.55 bits per heavy atom. The van der Waals surface area contributed by atoms with Gasteiger partial charge in [0, 0.05) is 30.4 Å². The minimum absolute atomic E-state index is 0.0284. The number of alkyl halides is 2. The van der Waals surface area contributed by atoms with Crippen LogP contribution in [0, 0.1) is 23.2 Å². The predicted molar refractivity (Wildman–Crippen MR) is 120 cm³/mol.